The van der Waals surface area contributed by atoms with E-state index in [-0.39, 0.29) is 17.6 Å². The van der Waals surface area contributed by atoms with E-state index in [1.165, 1.54) is 0 Å². The number of imidazole rings is 1. The molecule has 0 spiro atoms. The molecule has 6 nitrogen and oxygen atoms in total. The first kappa shape index (κ1) is 14.4. The maximum Gasteiger partial charge on any atom is 0.323 e. The number of hydrogen-bond acceptors (Lipinski definition) is 4. The molecular weight excluding hydrogens is 300 g/mol. The molecule has 114 valence electrons. The van der Waals surface area contributed by atoms with Crippen molar-refractivity contribution in [3.8, 4) is 0 Å². The third-order valence-electron chi connectivity index (χ3n) is 3.31. The fourth-order valence-corrected chi connectivity index (χ4v) is 2.82. The number of carbonyl (C=O) groups is 1. The standard InChI is InChI=1S/C15H16N4O2S/c1-9(14(20)16-8-11-3-2-6-22-11)17-10-4-5-12-13(7-10)19-15(21)18-12/h2-7,9,17H,8H2,1H3,(H,16,20)(H2,18,19,21)/t9-/m0/s1. The van der Waals surface area contributed by atoms with Gasteiger partial charge in [-0.2, -0.15) is 0 Å². The molecule has 22 heavy (non-hydrogen) atoms. The number of fused-ring (bicyclic) bond motifs is 1. The Morgan fingerprint density at radius 1 is 1.27 bits per heavy atom. The number of nitrogens with one attached hydrogen (secondary N) is 4. The molecule has 3 aromatic rings. The maximum absolute atomic E-state index is 12.1. The summed E-state index contributed by atoms with van der Waals surface area (Å²) in [4.78, 5) is 29.8. The minimum Gasteiger partial charge on any atom is -0.374 e. The van der Waals surface area contributed by atoms with E-state index in [4.69, 9.17) is 0 Å². The van der Waals surface area contributed by atoms with E-state index in [0.717, 1.165) is 16.1 Å². The van der Waals surface area contributed by atoms with Gasteiger partial charge in [0.1, 0.15) is 6.04 Å². The van der Waals surface area contributed by atoms with Crippen LogP contribution in [-0.4, -0.2) is 21.9 Å². The summed E-state index contributed by atoms with van der Waals surface area (Å²) in [6.45, 7) is 2.33. The predicted molar refractivity (Wildman–Crippen MR) is 88.2 cm³/mol. The molecule has 0 radical (unpaired) electrons. The summed E-state index contributed by atoms with van der Waals surface area (Å²) in [5.74, 6) is -0.0731. The Labute approximate surface area is 130 Å². The molecule has 1 aromatic carbocycles. The van der Waals surface area contributed by atoms with Crippen LogP contribution in [0.5, 0.6) is 0 Å². The number of hydrogen-bond donors (Lipinski definition) is 4. The van der Waals surface area contributed by atoms with Gasteiger partial charge in [0.15, 0.2) is 0 Å². The van der Waals surface area contributed by atoms with Gasteiger partial charge in [0.2, 0.25) is 5.91 Å². The number of benzene rings is 1. The molecular formula is C15H16N4O2S. The van der Waals surface area contributed by atoms with Crippen LogP contribution in [0.25, 0.3) is 11.0 Å². The summed E-state index contributed by atoms with van der Waals surface area (Å²) >= 11 is 1.61. The molecule has 1 atom stereocenters. The minimum absolute atomic E-state index is 0.0731. The zero-order valence-electron chi connectivity index (χ0n) is 12.0. The van der Waals surface area contributed by atoms with E-state index in [2.05, 4.69) is 20.6 Å². The highest BCUT2D eigenvalue weighted by molar-refractivity contribution is 7.09. The molecule has 2 heterocycles. The Balaban J connectivity index is 1.62. The fourth-order valence-electron chi connectivity index (χ4n) is 2.18. The summed E-state index contributed by atoms with van der Waals surface area (Å²) in [7, 11) is 0. The Morgan fingerprint density at radius 3 is 2.86 bits per heavy atom. The van der Waals surface area contributed by atoms with E-state index >= 15 is 0 Å². The summed E-state index contributed by atoms with van der Waals surface area (Å²) in [6.07, 6.45) is 0. The molecule has 0 unspecified atom stereocenters. The second-order valence-electron chi connectivity index (χ2n) is 5.00. The molecule has 0 fully saturated rings. The monoisotopic (exact) mass is 316 g/mol. The van der Waals surface area contributed by atoms with Gasteiger partial charge in [-0.3, -0.25) is 4.79 Å². The first-order valence-corrected chi connectivity index (χ1v) is 7.78. The lowest BCUT2D eigenvalue weighted by Crippen LogP contribution is -2.37. The van der Waals surface area contributed by atoms with Crippen molar-refractivity contribution < 1.29 is 4.79 Å². The average Bonchev–Trinajstić information content (AvgIpc) is 3.12. The smallest absolute Gasteiger partial charge is 0.323 e. The molecule has 3 rings (SSSR count). The summed E-state index contributed by atoms with van der Waals surface area (Å²) in [5, 5.41) is 8.00. The van der Waals surface area contributed by atoms with Crippen molar-refractivity contribution in [3.05, 3.63) is 51.1 Å². The minimum atomic E-state index is -0.372. The molecule has 0 aliphatic rings. The van der Waals surface area contributed by atoms with E-state index in [0.29, 0.717) is 12.1 Å². The number of rotatable bonds is 5. The van der Waals surface area contributed by atoms with Crippen LogP contribution in [0.4, 0.5) is 5.69 Å². The number of H-pyrrole nitrogens is 2. The Bertz CT molecular complexity index is 835. The lowest BCUT2D eigenvalue weighted by atomic mass is 10.2. The van der Waals surface area contributed by atoms with Gasteiger partial charge in [0, 0.05) is 10.6 Å². The van der Waals surface area contributed by atoms with Crippen molar-refractivity contribution >= 4 is 34.0 Å². The van der Waals surface area contributed by atoms with Gasteiger partial charge in [-0.25, -0.2) is 4.79 Å². The van der Waals surface area contributed by atoms with E-state index in [1.807, 2.05) is 23.6 Å². The van der Waals surface area contributed by atoms with Crippen molar-refractivity contribution in [2.45, 2.75) is 19.5 Å². The van der Waals surface area contributed by atoms with Crippen LogP contribution in [0.1, 0.15) is 11.8 Å². The lowest BCUT2D eigenvalue weighted by molar-refractivity contribution is -0.121. The number of thiophene rings is 1. The van der Waals surface area contributed by atoms with Crippen LogP contribution in [0, 0.1) is 0 Å². The van der Waals surface area contributed by atoms with Crippen LogP contribution >= 0.6 is 11.3 Å². The normalized spacial score (nSPS) is 12.2. The lowest BCUT2D eigenvalue weighted by Gasteiger charge is -2.15. The van der Waals surface area contributed by atoms with Crippen LogP contribution in [-0.2, 0) is 11.3 Å². The molecule has 4 N–H and O–H groups in total. The van der Waals surface area contributed by atoms with Crippen molar-refractivity contribution in [3.63, 3.8) is 0 Å². The zero-order chi connectivity index (χ0) is 15.5. The molecule has 0 bridgehead atoms. The van der Waals surface area contributed by atoms with Crippen LogP contribution < -0.4 is 16.3 Å². The van der Waals surface area contributed by atoms with Gasteiger partial charge in [-0.1, -0.05) is 6.07 Å². The van der Waals surface area contributed by atoms with Crippen molar-refractivity contribution in [1.82, 2.24) is 15.3 Å². The Kier molecular flexibility index (Phi) is 3.97. The van der Waals surface area contributed by atoms with Crippen LogP contribution in [0.2, 0.25) is 0 Å². The van der Waals surface area contributed by atoms with Gasteiger partial charge in [-0.15, -0.1) is 11.3 Å². The molecule has 0 aliphatic carbocycles. The second kappa shape index (κ2) is 6.07. The number of aromatic nitrogens is 2. The summed E-state index contributed by atoms with van der Waals surface area (Å²) < 4.78 is 0. The fraction of sp³-hybridized carbons (Fsp3) is 0.200. The Morgan fingerprint density at radius 2 is 2.09 bits per heavy atom. The largest absolute Gasteiger partial charge is 0.374 e. The van der Waals surface area contributed by atoms with Gasteiger partial charge in [0.25, 0.3) is 0 Å². The second-order valence-corrected chi connectivity index (χ2v) is 6.03. The van der Waals surface area contributed by atoms with E-state index < -0.39 is 0 Å². The van der Waals surface area contributed by atoms with Crippen molar-refractivity contribution in [1.29, 1.82) is 0 Å². The number of anilines is 1. The van der Waals surface area contributed by atoms with Gasteiger partial charge < -0.3 is 20.6 Å². The number of aromatic amines is 2. The molecule has 7 heteroatoms. The molecule has 0 saturated carbocycles. The first-order chi connectivity index (χ1) is 10.6. The summed E-state index contributed by atoms with van der Waals surface area (Å²) in [6, 6.07) is 9.00. The maximum atomic E-state index is 12.1. The molecule has 0 saturated heterocycles. The van der Waals surface area contributed by atoms with Gasteiger partial charge in [-0.05, 0) is 36.6 Å². The molecule has 0 aliphatic heterocycles. The van der Waals surface area contributed by atoms with Gasteiger partial charge in [0.05, 0.1) is 17.6 Å². The van der Waals surface area contributed by atoms with Crippen molar-refractivity contribution in [2.24, 2.45) is 0 Å². The first-order valence-electron chi connectivity index (χ1n) is 6.90. The third-order valence-corrected chi connectivity index (χ3v) is 4.19. The highest BCUT2D eigenvalue weighted by Gasteiger charge is 2.12. The zero-order valence-corrected chi connectivity index (χ0v) is 12.8. The predicted octanol–water partition coefficient (Wildman–Crippen LogP) is 2.03. The van der Waals surface area contributed by atoms with E-state index in [9.17, 15) is 9.59 Å². The van der Waals surface area contributed by atoms with Crippen LogP contribution in [0.15, 0.2) is 40.5 Å². The van der Waals surface area contributed by atoms with Crippen molar-refractivity contribution in [2.75, 3.05) is 5.32 Å². The SMILES string of the molecule is C[C@H](Nc1ccc2[nH]c(=O)[nH]c2c1)C(=O)NCc1cccs1. The van der Waals surface area contributed by atoms with Gasteiger partial charge >= 0.3 is 5.69 Å². The van der Waals surface area contributed by atoms with Crippen LogP contribution in [0.3, 0.4) is 0 Å². The molecule has 1 amide bonds. The Hall–Kier alpha value is -2.54. The highest BCUT2D eigenvalue weighted by Crippen LogP contribution is 2.15. The van der Waals surface area contributed by atoms with E-state index in [1.54, 1.807) is 30.4 Å². The number of carbonyl (C=O) groups excluding carboxylic acids is 1. The quantitative estimate of drug-likeness (QED) is 0.580. The average molecular weight is 316 g/mol. The molecule has 2 aromatic heterocycles. The number of amides is 1. The topological polar surface area (TPSA) is 89.8 Å². The highest BCUT2D eigenvalue weighted by atomic mass is 32.1. The summed E-state index contributed by atoms with van der Waals surface area (Å²) in [5.41, 5.74) is 1.99. The third kappa shape index (κ3) is 3.20.